The summed E-state index contributed by atoms with van der Waals surface area (Å²) in [5.74, 6) is 0.861. The molecule has 0 saturated carbocycles. The molecular formula is C15H19N3. The fourth-order valence-electron chi connectivity index (χ4n) is 2.78. The molecule has 0 fully saturated rings. The Morgan fingerprint density at radius 3 is 2.72 bits per heavy atom. The van der Waals surface area contributed by atoms with Crippen molar-refractivity contribution in [1.82, 2.24) is 9.97 Å². The predicted molar refractivity (Wildman–Crippen MR) is 73.3 cm³/mol. The molecule has 3 N–H and O–H groups in total. The van der Waals surface area contributed by atoms with Crippen molar-refractivity contribution in [2.45, 2.75) is 39.2 Å². The molecule has 3 heteroatoms. The van der Waals surface area contributed by atoms with Gasteiger partial charge in [-0.25, -0.2) is 4.98 Å². The Morgan fingerprint density at radius 1 is 1.22 bits per heavy atom. The number of rotatable bonds is 2. The molecule has 3 nitrogen and oxygen atoms in total. The van der Waals surface area contributed by atoms with E-state index in [4.69, 9.17) is 5.73 Å². The van der Waals surface area contributed by atoms with E-state index >= 15 is 0 Å². The fraction of sp³-hybridized carbons (Fsp3) is 0.400. The van der Waals surface area contributed by atoms with Gasteiger partial charge in [-0.3, -0.25) is 0 Å². The molecule has 1 heterocycles. The highest BCUT2D eigenvalue weighted by Gasteiger charge is 2.13. The molecule has 1 aliphatic rings. The number of hydrogen-bond donors (Lipinski definition) is 2. The number of nitrogens with zero attached hydrogens (tertiary/aromatic N) is 1. The lowest BCUT2D eigenvalue weighted by molar-refractivity contribution is 0.686. The highest BCUT2D eigenvalue weighted by molar-refractivity contribution is 5.63. The topological polar surface area (TPSA) is 54.7 Å². The Labute approximate surface area is 107 Å². The standard InChI is InChI=1S/C15H19N3/c1-10-15(18-14(9-16)17-10)13-7-6-11-4-2-3-5-12(11)8-13/h6-8H,2-5,9,16H2,1H3,(H,17,18). The molecule has 18 heavy (non-hydrogen) atoms. The minimum atomic E-state index is 0.464. The zero-order valence-corrected chi connectivity index (χ0v) is 10.8. The third kappa shape index (κ3) is 1.95. The number of nitrogens with one attached hydrogen (secondary N) is 1. The lowest BCUT2D eigenvalue weighted by atomic mass is 9.90. The van der Waals surface area contributed by atoms with Crippen LogP contribution in [0.15, 0.2) is 18.2 Å². The van der Waals surface area contributed by atoms with Crippen LogP contribution in [0.4, 0.5) is 0 Å². The zero-order valence-electron chi connectivity index (χ0n) is 10.8. The molecule has 0 bridgehead atoms. The van der Waals surface area contributed by atoms with Crippen molar-refractivity contribution < 1.29 is 0 Å². The second-order valence-corrected chi connectivity index (χ2v) is 5.05. The summed E-state index contributed by atoms with van der Waals surface area (Å²) < 4.78 is 0. The van der Waals surface area contributed by atoms with E-state index in [9.17, 15) is 0 Å². The van der Waals surface area contributed by atoms with Crippen molar-refractivity contribution in [2.75, 3.05) is 0 Å². The van der Waals surface area contributed by atoms with Gasteiger partial charge in [-0.1, -0.05) is 12.1 Å². The van der Waals surface area contributed by atoms with E-state index in [1.165, 1.54) is 42.4 Å². The van der Waals surface area contributed by atoms with Crippen LogP contribution in [0.2, 0.25) is 0 Å². The van der Waals surface area contributed by atoms with Crippen molar-refractivity contribution in [3.05, 3.63) is 40.8 Å². The molecule has 1 aromatic carbocycles. The van der Waals surface area contributed by atoms with Crippen LogP contribution in [0.3, 0.4) is 0 Å². The lowest BCUT2D eigenvalue weighted by Crippen LogP contribution is -2.02. The van der Waals surface area contributed by atoms with Gasteiger partial charge in [0, 0.05) is 11.3 Å². The first-order valence-corrected chi connectivity index (χ1v) is 6.65. The third-order valence-corrected chi connectivity index (χ3v) is 3.75. The van der Waals surface area contributed by atoms with Gasteiger partial charge in [0.2, 0.25) is 0 Å². The Balaban J connectivity index is 2.03. The maximum atomic E-state index is 5.63. The Bertz CT molecular complexity index is 569. The van der Waals surface area contributed by atoms with E-state index in [2.05, 4.69) is 35.1 Å². The maximum absolute atomic E-state index is 5.63. The average molecular weight is 241 g/mol. The molecule has 0 spiro atoms. The number of aryl methyl sites for hydroxylation is 3. The molecule has 94 valence electrons. The van der Waals surface area contributed by atoms with E-state index in [-0.39, 0.29) is 0 Å². The molecule has 0 unspecified atom stereocenters. The molecule has 1 aromatic heterocycles. The first kappa shape index (κ1) is 11.5. The fourth-order valence-corrected chi connectivity index (χ4v) is 2.78. The quantitative estimate of drug-likeness (QED) is 0.849. The molecule has 0 amide bonds. The summed E-state index contributed by atoms with van der Waals surface area (Å²) in [7, 11) is 0. The number of aromatic amines is 1. The molecular weight excluding hydrogens is 222 g/mol. The molecule has 0 saturated heterocycles. The first-order chi connectivity index (χ1) is 8.78. The van der Waals surface area contributed by atoms with E-state index in [1.54, 1.807) is 0 Å². The van der Waals surface area contributed by atoms with Crippen LogP contribution in [-0.4, -0.2) is 9.97 Å². The summed E-state index contributed by atoms with van der Waals surface area (Å²) in [5, 5.41) is 0. The third-order valence-electron chi connectivity index (χ3n) is 3.75. The zero-order chi connectivity index (χ0) is 12.5. The Morgan fingerprint density at radius 2 is 2.00 bits per heavy atom. The summed E-state index contributed by atoms with van der Waals surface area (Å²) >= 11 is 0. The van der Waals surface area contributed by atoms with Gasteiger partial charge < -0.3 is 10.7 Å². The van der Waals surface area contributed by atoms with E-state index in [1.807, 2.05) is 0 Å². The highest BCUT2D eigenvalue weighted by atomic mass is 15.0. The van der Waals surface area contributed by atoms with Crippen LogP contribution in [0, 0.1) is 6.92 Å². The molecule has 0 aliphatic heterocycles. The summed E-state index contributed by atoms with van der Waals surface area (Å²) in [4.78, 5) is 7.80. The number of hydrogen-bond acceptors (Lipinski definition) is 2. The summed E-state index contributed by atoms with van der Waals surface area (Å²) in [5.41, 5.74) is 12.0. The van der Waals surface area contributed by atoms with Crippen LogP contribution in [-0.2, 0) is 19.4 Å². The number of fused-ring (bicyclic) bond motifs is 1. The lowest BCUT2D eigenvalue weighted by Gasteiger charge is -2.16. The van der Waals surface area contributed by atoms with Crippen LogP contribution in [0.1, 0.15) is 35.5 Å². The van der Waals surface area contributed by atoms with Gasteiger partial charge in [0.05, 0.1) is 12.2 Å². The summed E-state index contributed by atoms with van der Waals surface area (Å²) in [6, 6.07) is 6.76. The van der Waals surface area contributed by atoms with Crippen LogP contribution >= 0.6 is 0 Å². The normalized spacial score (nSPS) is 14.6. The van der Waals surface area contributed by atoms with Crippen molar-refractivity contribution in [1.29, 1.82) is 0 Å². The predicted octanol–water partition coefficient (Wildman–Crippen LogP) is 2.72. The van der Waals surface area contributed by atoms with Gasteiger partial charge in [0.25, 0.3) is 0 Å². The first-order valence-electron chi connectivity index (χ1n) is 6.65. The largest absolute Gasteiger partial charge is 0.344 e. The van der Waals surface area contributed by atoms with Gasteiger partial charge in [-0.2, -0.15) is 0 Å². The Kier molecular flexibility index (Phi) is 2.92. The van der Waals surface area contributed by atoms with Gasteiger partial charge in [-0.15, -0.1) is 0 Å². The minimum Gasteiger partial charge on any atom is -0.344 e. The Hall–Kier alpha value is -1.61. The highest BCUT2D eigenvalue weighted by Crippen LogP contribution is 2.28. The number of aromatic nitrogens is 2. The molecule has 0 radical (unpaired) electrons. The van der Waals surface area contributed by atoms with Gasteiger partial charge in [-0.05, 0) is 49.8 Å². The number of nitrogens with two attached hydrogens (primary N) is 1. The molecule has 1 aliphatic carbocycles. The van der Waals surface area contributed by atoms with E-state index < -0.39 is 0 Å². The van der Waals surface area contributed by atoms with Crippen LogP contribution in [0.5, 0.6) is 0 Å². The van der Waals surface area contributed by atoms with Crippen LogP contribution < -0.4 is 5.73 Å². The molecule has 2 aromatic rings. The van der Waals surface area contributed by atoms with Crippen molar-refractivity contribution in [3.63, 3.8) is 0 Å². The van der Waals surface area contributed by atoms with Gasteiger partial charge in [0.1, 0.15) is 5.82 Å². The number of benzene rings is 1. The average Bonchev–Trinajstić information content (AvgIpc) is 2.79. The van der Waals surface area contributed by atoms with Crippen LogP contribution in [0.25, 0.3) is 11.3 Å². The summed E-state index contributed by atoms with van der Waals surface area (Å²) in [6.07, 6.45) is 5.06. The smallest absolute Gasteiger partial charge is 0.120 e. The molecule has 0 atom stereocenters. The SMILES string of the molecule is Cc1[nH]c(CN)nc1-c1ccc2c(c1)CCCC2. The van der Waals surface area contributed by atoms with Gasteiger partial charge >= 0.3 is 0 Å². The van der Waals surface area contributed by atoms with Crippen molar-refractivity contribution in [2.24, 2.45) is 5.73 Å². The second-order valence-electron chi connectivity index (χ2n) is 5.05. The summed E-state index contributed by atoms with van der Waals surface area (Å²) in [6.45, 7) is 2.52. The van der Waals surface area contributed by atoms with Crippen molar-refractivity contribution >= 4 is 0 Å². The second kappa shape index (κ2) is 4.58. The van der Waals surface area contributed by atoms with E-state index in [0.717, 1.165) is 17.2 Å². The number of H-pyrrole nitrogens is 1. The van der Waals surface area contributed by atoms with Crippen molar-refractivity contribution in [3.8, 4) is 11.3 Å². The monoisotopic (exact) mass is 241 g/mol. The van der Waals surface area contributed by atoms with E-state index in [0.29, 0.717) is 6.54 Å². The van der Waals surface area contributed by atoms with Gasteiger partial charge in [0.15, 0.2) is 0 Å². The maximum Gasteiger partial charge on any atom is 0.120 e. The molecule has 3 rings (SSSR count). The number of imidazole rings is 1. The minimum absolute atomic E-state index is 0.464.